The second-order valence-corrected chi connectivity index (χ2v) is 10.0. The van der Waals surface area contributed by atoms with Gasteiger partial charge in [-0.25, -0.2) is 9.97 Å². The predicted molar refractivity (Wildman–Crippen MR) is 134 cm³/mol. The molecule has 172 valence electrons. The molecule has 2 aliphatic heterocycles. The first-order valence-electron chi connectivity index (χ1n) is 11.5. The van der Waals surface area contributed by atoms with Crippen LogP contribution in [-0.2, 0) is 17.9 Å². The number of nitrogens with one attached hydrogen (secondary N) is 2. The van der Waals surface area contributed by atoms with Crippen LogP contribution in [-0.4, -0.2) is 57.5 Å². The number of fused-ring (bicyclic) bond motifs is 5. The smallest absolute Gasteiger partial charge is 0.244 e. The molecule has 2 atom stereocenters. The largest absolute Gasteiger partial charge is 0.358 e. The third kappa shape index (κ3) is 4.74. The molecule has 8 heteroatoms. The number of aromatic nitrogens is 2. The van der Waals surface area contributed by atoms with Crippen molar-refractivity contribution in [2.75, 3.05) is 25.0 Å². The summed E-state index contributed by atoms with van der Waals surface area (Å²) in [5.74, 6) is 1.62. The summed E-state index contributed by atoms with van der Waals surface area (Å²) in [6.07, 6.45) is -0.103. The highest BCUT2D eigenvalue weighted by molar-refractivity contribution is 9.10. The van der Waals surface area contributed by atoms with Crippen LogP contribution in [0.1, 0.15) is 25.2 Å². The topological polar surface area (TPSA) is 73.4 Å². The van der Waals surface area contributed by atoms with Gasteiger partial charge in [0.1, 0.15) is 17.7 Å². The second kappa shape index (κ2) is 9.37. The summed E-state index contributed by atoms with van der Waals surface area (Å²) in [7, 11) is 0. The fourth-order valence-electron chi connectivity index (χ4n) is 4.64. The van der Waals surface area contributed by atoms with Gasteiger partial charge in [-0.1, -0.05) is 60.1 Å². The van der Waals surface area contributed by atoms with Gasteiger partial charge in [-0.15, -0.1) is 0 Å². The van der Waals surface area contributed by atoms with Crippen LogP contribution in [0, 0.1) is 5.92 Å². The Kier molecular flexibility index (Phi) is 6.32. The van der Waals surface area contributed by atoms with Crippen molar-refractivity contribution in [2.24, 2.45) is 5.92 Å². The van der Waals surface area contributed by atoms with Crippen LogP contribution in [0.3, 0.4) is 0 Å². The molecule has 2 aromatic carbocycles. The number of rotatable bonds is 3. The molecule has 5 rings (SSSR count). The average Bonchev–Trinajstić information content (AvgIpc) is 2.80. The molecule has 2 aliphatic rings. The van der Waals surface area contributed by atoms with E-state index >= 15 is 0 Å². The van der Waals surface area contributed by atoms with E-state index < -0.39 is 0 Å². The molecule has 0 spiro atoms. The number of carbonyl (C=O) groups is 1. The molecule has 0 saturated carbocycles. The highest BCUT2D eigenvalue weighted by Gasteiger charge is 2.33. The van der Waals surface area contributed by atoms with Gasteiger partial charge in [-0.3, -0.25) is 14.6 Å². The first-order valence-corrected chi connectivity index (χ1v) is 12.3. The van der Waals surface area contributed by atoms with Crippen molar-refractivity contribution < 1.29 is 4.79 Å². The Morgan fingerprint density at radius 3 is 2.67 bits per heavy atom. The molecule has 1 amide bonds. The van der Waals surface area contributed by atoms with E-state index in [4.69, 9.17) is 9.97 Å². The number of hydrogen-bond acceptors (Lipinski definition) is 6. The van der Waals surface area contributed by atoms with Crippen molar-refractivity contribution >= 4 is 38.6 Å². The van der Waals surface area contributed by atoms with E-state index in [0.29, 0.717) is 6.54 Å². The molecular formula is C25H29BrN6O. The quantitative estimate of drug-likeness (QED) is 0.562. The minimum Gasteiger partial charge on any atom is -0.358 e. The Morgan fingerprint density at radius 2 is 1.85 bits per heavy atom. The van der Waals surface area contributed by atoms with Gasteiger partial charge in [-0.05, 0) is 29.7 Å². The zero-order valence-corrected chi connectivity index (χ0v) is 20.5. The lowest BCUT2D eigenvalue weighted by Gasteiger charge is -2.42. The van der Waals surface area contributed by atoms with Crippen LogP contribution < -0.4 is 10.6 Å². The Morgan fingerprint density at radius 1 is 1.06 bits per heavy atom. The number of carbonyl (C=O) groups excluding carboxylic acids is 1. The molecular weight excluding hydrogens is 480 g/mol. The van der Waals surface area contributed by atoms with Gasteiger partial charge in [0.2, 0.25) is 5.91 Å². The molecule has 3 aromatic rings. The van der Waals surface area contributed by atoms with Gasteiger partial charge in [0.15, 0.2) is 0 Å². The zero-order valence-electron chi connectivity index (χ0n) is 19.0. The molecule has 0 radical (unpaired) electrons. The number of anilines is 1. The van der Waals surface area contributed by atoms with Crippen LogP contribution in [0.15, 0.2) is 53.0 Å². The summed E-state index contributed by atoms with van der Waals surface area (Å²) >= 11 is 3.66. The molecule has 1 fully saturated rings. The lowest BCUT2D eigenvalue weighted by atomic mass is 10.0. The Bertz CT molecular complexity index is 1170. The molecule has 1 unspecified atom stereocenters. The standard InChI is InChI=1S/C25H29BrN6O/c1-16(2)23-25(33)29-22-15-31(13-17-7-3-5-9-19(17)26)11-12-32(22)14-21-27-20-10-6-4-8-18(20)24(28-21)30-23/h3-10,16,22-23H,11-15H2,1-2H3,(H,29,33)(H,27,28,30)/t22?,23-/m0/s1. The zero-order chi connectivity index (χ0) is 22.9. The third-order valence-corrected chi connectivity index (χ3v) is 7.25. The number of para-hydroxylation sites is 1. The van der Waals surface area contributed by atoms with Crippen molar-refractivity contribution in [1.82, 2.24) is 25.1 Å². The van der Waals surface area contributed by atoms with E-state index in [0.717, 1.165) is 53.2 Å². The van der Waals surface area contributed by atoms with Crippen molar-refractivity contribution in [1.29, 1.82) is 0 Å². The van der Waals surface area contributed by atoms with E-state index in [-0.39, 0.29) is 24.0 Å². The second-order valence-electron chi connectivity index (χ2n) is 9.19. The molecule has 7 nitrogen and oxygen atoms in total. The first-order chi connectivity index (χ1) is 16.0. The summed E-state index contributed by atoms with van der Waals surface area (Å²) in [5, 5.41) is 7.70. The average molecular weight is 509 g/mol. The Balaban J connectivity index is 1.46. The van der Waals surface area contributed by atoms with E-state index in [1.807, 2.05) is 30.3 Å². The van der Waals surface area contributed by atoms with E-state index in [9.17, 15) is 4.79 Å². The highest BCUT2D eigenvalue weighted by Crippen LogP contribution is 2.25. The van der Waals surface area contributed by atoms with Gasteiger partial charge in [0.25, 0.3) is 0 Å². The molecule has 0 aliphatic carbocycles. The fraction of sp³-hybridized carbons (Fsp3) is 0.400. The summed E-state index contributed by atoms with van der Waals surface area (Å²) < 4.78 is 1.11. The first kappa shape index (κ1) is 22.3. The fourth-order valence-corrected chi connectivity index (χ4v) is 5.05. The minimum absolute atomic E-state index is 0.00823. The van der Waals surface area contributed by atoms with Crippen molar-refractivity contribution in [3.8, 4) is 0 Å². The SMILES string of the molecule is CC(C)[C@@H]1Nc2nc(nc3ccccc23)CN2CCN(Cc3ccccc3Br)CC2NC1=O. The van der Waals surface area contributed by atoms with E-state index in [1.54, 1.807) is 0 Å². The number of amides is 1. The third-order valence-electron chi connectivity index (χ3n) is 6.47. The van der Waals surface area contributed by atoms with Crippen molar-refractivity contribution in [3.63, 3.8) is 0 Å². The summed E-state index contributed by atoms with van der Waals surface area (Å²) in [5.41, 5.74) is 2.15. The summed E-state index contributed by atoms with van der Waals surface area (Å²) in [6, 6.07) is 15.9. The maximum absolute atomic E-state index is 13.4. The number of hydrogen-bond donors (Lipinski definition) is 2. The number of halogens is 1. The van der Waals surface area contributed by atoms with Crippen LogP contribution in [0.2, 0.25) is 0 Å². The van der Waals surface area contributed by atoms with Crippen LogP contribution in [0.5, 0.6) is 0 Å². The lowest BCUT2D eigenvalue weighted by molar-refractivity contribution is -0.125. The van der Waals surface area contributed by atoms with E-state index in [2.05, 4.69) is 68.4 Å². The van der Waals surface area contributed by atoms with Gasteiger partial charge in [-0.2, -0.15) is 0 Å². The Labute approximate surface area is 202 Å². The van der Waals surface area contributed by atoms with E-state index in [1.165, 1.54) is 5.56 Å². The molecule has 2 N–H and O–H groups in total. The van der Waals surface area contributed by atoms with Crippen LogP contribution >= 0.6 is 15.9 Å². The molecule has 1 aromatic heterocycles. The number of nitrogens with zero attached hydrogens (tertiary/aromatic N) is 4. The molecule has 3 heterocycles. The van der Waals surface area contributed by atoms with Gasteiger partial charge < -0.3 is 10.6 Å². The minimum atomic E-state index is -0.380. The lowest BCUT2D eigenvalue weighted by Crippen LogP contribution is -2.62. The number of piperazine rings is 1. The Hall–Kier alpha value is -2.55. The maximum atomic E-state index is 13.4. The van der Waals surface area contributed by atoms with Gasteiger partial charge >= 0.3 is 0 Å². The van der Waals surface area contributed by atoms with Gasteiger partial charge in [0.05, 0.1) is 18.2 Å². The monoisotopic (exact) mass is 508 g/mol. The molecule has 2 bridgehead atoms. The van der Waals surface area contributed by atoms with Crippen molar-refractivity contribution in [3.05, 3.63) is 64.4 Å². The molecule has 1 saturated heterocycles. The van der Waals surface area contributed by atoms with Crippen LogP contribution in [0.25, 0.3) is 10.9 Å². The van der Waals surface area contributed by atoms with Gasteiger partial charge in [0, 0.05) is 36.0 Å². The van der Waals surface area contributed by atoms with Crippen LogP contribution in [0.4, 0.5) is 5.82 Å². The van der Waals surface area contributed by atoms with Crippen molar-refractivity contribution in [2.45, 2.75) is 39.1 Å². The summed E-state index contributed by atoms with van der Waals surface area (Å²) in [6.45, 7) is 8.05. The summed E-state index contributed by atoms with van der Waals surface area (Å²) in [4.78, 5) is 27.8. The predicted octanol–water partition coefficient (Wildman–Crippen LogP) is 3.60. The maximum Gasteiger partial charge on any atom is 0.244 e. The number of benzene rings is 2. The highest BCUT2D eigenvalue weighted by atomic mass is 79.9. The molecule has 33 heavy (non-hydrogen) atoms. The normalized spacial score (nSPS) is 22.0.